The van der Waals surface area contributed by atoms with Gasteiger partial charge in [0, 0.05) is 17.2 Å². The molecule has 2 heterocycles. The molecule has 0 aliphatic carbocycles. The zero-order valence-electron chi connectivity index (χ0n) is 9.90. The van der Waals surface area contributed by atoms with Crippen LogP contribution in [-0.4, -0.2) is 40.7 Å². The molecule has 1 aromatic rings. The van der Waals surface area contributed by atoms with E-state index in [4.69, 9.17) is 5.11 Å². The quantitative estimate of drug-likeness (QED) is 0.931. The predicted octanol–water partition coefficient (Wildman–Crippen LogP) is 2.29. The van der Waals surface area contributed by atoms with E-state index in [1.54, 1.807) is 6.07 Å². The Morgan fingerprint density at radius 3 is 2.76 bits per heavy atom. The first-order valence-electron chi connectivity index (χ1n) is 5.84. The largest absolute Gasteiger partial charge is 0.477 e. The fraction of sp³-hybridized carbons (Fsp3) is 0.583. The van der Waals surface area contributed by atoms with Crippen molar-refractivity contribution in [1.29, 1.82) is 0 Å². The normalized spacial score (nSPS) is 18.5. The lowest BCUT2D eigenvalue weighted by molar-refractivity contribution is 0.0682. The highest BCUT2D eigenvalue weighted by Gasteiger charge is 2.19. The minimum Gasteiger partial charge on any atom is -0.477 e. The third-order valence-corrected chi connectivity index (χ3v) is 3.81. The Morgan fingerprint density at radius 1 is 1.53 bits per heavy atom. The number of rotatable bonds is 3. The zero-order valence-corrected chi connectivity index (χ0v) is 11.5. The molecule has 17 heavy (non-hydrogen) atoms. The summed E-state index contributed by atoms with van der Waals surface area (Å²) in [5.74, 6) is -0.271. The maximum absolute atomic E-state index is 11.1. The molecule has 0 bridgehead atoms. The Labute approximate surface area is 109 Å². The molecule has 1 aliphatic heterocycles. The van der Waals surface area contributed by atoms with Crippen molar-refractivity contribution in [2.45, 2.75) is 19.4 Å². The number of halogens is 1. The number of nitrogens with zero attached hydrogens (tertiary/aromatic N) is 2. The molecule has 0 atom stereocenters. The fourth-order valence-corrected chi connectivity index (χ4v) is 2.79. The molecule has 1 aromatic heterocycles. The minimum atomic E-state index is -0.858. The molecular formula is C12H17BrN2O2. The Bertz CT molecular complexity index is 409. The summed E-state index contributed by atoms with van der Waals surface area (Å²) in [7, 11) is 2.13. The van der Waals surface area contributed by atoms with Crippen LogP contribution in [0.4, 0.5) is 0 Å². The highest BCUT2D eigenvalue weighted by atomic mass is 79.9. The van der Waals surface area contributed by atoms with Gasteiger partial charge in [0.1, 0.15) is 5.69 Å². The van der Waals surface area contributed by atoms with Crippen molar-refractivity contribution in [2.75, 3.05) is 20.1 Å². The number of likely N-dealkylation sites (tertiary alicyclic amines) is 1. The summed E-state index contributed by atoms with van der Waals surface area (Å²) in [5, 5.41) is 9.10. The van der Waals surface area contributed by atoms with Crippen LogP contribution in [0.25, 0.3) is 0 Å². The van der Waals surface area contributed by atoms with Crippen molar-refractivity contribution in [3.8, 4) is 0 Å². The first kappa shape index (κ1) is 12.6. The minimum absolute atomic E-state index is 0.371. The lowest BCUT2D eigenvalue weighted by Gasteiger charge is -2.29. The maximum atomic E-state index is 11.1. The number of carboxylic acids is 1. The molecule has 0 radical (unpaired) electrons. The number of hydrogen-bond acceptors (Lipinski definition) is 2. The van der Waals surface area contributed by atoms with Crippen LogP contribution in [0.2, 0.25) is 0 Å². The van der Waals surface area contributed by atoms with Gasteiger partial charge in [-0.05, 0) is 60.9 Å². The Balaban J connectivity index is 2.05. The third kappa shape index (κ3) is 3.10. The molecule has 0 saturated carbocycles. The van der Waals surface area contributed by atoms with Gasteiger partial charge in [0.05, 0.1) is 0 Å². The average Bonchev–Trinajstić information content (AvgIpc) is 2.63. The van der Waals surface area contributed by atoms with E-state index in [-0.39, 0.29) is 0 Å². The summed E-state index contributed by atoms with van der Waals surface area (Å²) in [6, 6.07) is 1.66. The van der Waals surface area contributed by atoms with Gasteiger partial charge < -0.3 is 14.6 Å². The van der Waals surface area contributed by atoms with Crippen LogP contribution >= 0.6 is 15.9 Å². The highest BCUT2D eigenvalue weighted by Crippen LogP contribution is 2.22. The topological polar surface area (TPSA) is 45.5 Å². The van der Waals surface area contributed by atoms with E-state index in [1.807, 2.05) is 10.8 Å². The molecule has 5 heteroatoms. The molecule has 0 spiro atoms. The van der Waals surface area contributed by atoms with Crippen LogP contribution in [-0.2, 0) is 6.54 Å². The van der Waals surface area contributed by atoms with Gasteiger partial charge in [-0.1, -0.05) is 0 Å². The molecule has 1 N–H and O–H groups in total. The Hall–Kier alpha value is -0.810. The number of carboxylic acid groups (broad SMARTS) is 1. The molecule has 1 saturated heterocycles. The lowest BCUT2D eigenvalue weighted by atomic mass is 9.97. The van der Waals surface area contributed by atoms with Gasteiger partial charge in [-0.3, -0.25) is 0 Å². The van der Waals surface area contributed by atoms with Gasteiger partial charge in [-0.15, -0.1) is 0 Å². The number of aromatic nitrogens is 1. The van der Waals surface area contributed by atoms with Crippen LogP contribution in [0, 0.1) is 5.92 Å². The standard InChI is InChI=1S/C12H17BrN2O2/c1-14-4-2-9(3-5-14)7-15-8-10(13)6-11(15)12(16)17/h6,8-9H,2-5,7H2,1H3,(H,16,17). The summed E-state index contributed by atoms with van der Waals surface area (Å²) in [4.78, 5) is 13.4. The number of piperidine rings is 1. The van der Waals surface area contributed by atoms with Crippen molar-refractivity contribution >= 4 is 21.9 Å². The first-order chi connectivity index (χ1) is 8.06. The second-order valence-electron chi connectivity index (χ2n) is 4.75. The maximum Gasteiger partial charge on any atom is 0.352 e. The Morgan fingerprint density at radius 2 is 2.18 bits per heavy atom. The van der Waals surface area contributed by atoms with Crippen molar-refractivity contribution in [3.63, 3.8) is 0 Å². The fourth-order valence-electron chi connectivity index (χ4n) is 2.33. The van der Waals surface area contributed by atoms with E-state index in [2.05, 4.69) is 27.9 Å². The van der Waals surface area contributed by atoms with Crippen molar-refractivity contribution in [2.24, 2.45) is 5.92 Å². The molecule has 2 rings (SSSR count). The molecule has 1 fully saturated rings. The van der Waals surface area contributed by atoms with Crippen LogP contribution < -0.4 is 0 Å². The average molecular weight is 301 g/mol. The summed E-state index contributed by atoms with van der Waals surface area (Å²) >= 11 is 3.33. The van der Waals surface area contributed by atoms with Crippen LogP contribution in [0.1, 0.15) is 23.3 Å². The van der Waals surface area contributed by atoms with Gasteiger partial charge >= 0.3 is 5.97 Å². The van der Waals surface area contributed by atoms with Gasteiger partial charge in [-0.25, -0.2) is 4.79 Å². The van der Waals surface area contributed by atoms with E-state index in [9.17, 15) is 4.79 Å². The summed E-state index contributed by atoms with van der Waals surface area (Å²) in [5.41, 5.74) is 0.371. The predicted molar refractivity (Wildman–Crippen MR) is 69.3 cm³/mol. The first-order valence-corrected chi connectivity index (χ1v) is 6.63. The van der Waals surface area contributed by atoms with Crippen molar-refractivity contribution in [3.05, 3.63) is 22.4 Å². The summed E-state index contributed by atoms with van der Waals surface area (Å²) in [6.07, 6.45) is 4.15. The smallest absolute Gasteiger partial charge is 0.352 e. The van der Waals surface area contributed by atoms with Gasteiger partial charge in [-0.2, -0.15) is 0 Å². The van der Waals surface area contributed by atoms with Gasteiger partial charge in [0.2, 0.25) is 0 Å². The van der Waals surface area contributed by atoms with E-state index in [0.29, 0.717) is 11.6 Å². The second kappa shape index (κ2) is 5.23. The van der Waals surface area contributed by atoms with Crippen molar-refractivity contribution in [1.82, 2.24) is 9.47 Å². The number of carbonyl (C=O) groups is 1. The van der Waals surface area contributed by atoms with E-state index >= 15 is 0 Å². The summed E-state index contributed by atoms with van der Waals surface area (Å²) < 4.78 is 2.69. The SMILES string of the molecule is CN1CCC(Cn2cc(Br)cc2C(=O)O)CC1. The molecular weight excluding hydrogens is 284 g/mol. The van der Waals surface area contributed by atoms with Gasteiger partial charge in [0.15, 0.2) is 0 Å². The molecule has 0 amide bonds. The van der Waals surface area contributed by atoms with Crippen LogP contribution in [0.15, 0.2) is 16.7 Å². The summed E-state index contributed by atoms with van der Waals surface area (Å²) in [6.45, 7) is 3.02. The monoisotopic (exact) mass is 300 g/mol. The third-order valence-electron chi connectivity index (χ3n) is 3.38. The van der Waals surface area contributed by atoms with Gasteiger partial charge in [0.25, 0.3) is 0 Å². The molecule has 1 aliphatic rings. The molecule has 94 valence electrons. The number of aromatic carboxylic acids is 1. The zero-order chi connectivity index (χ0) is 12.4. The number of hydrogen-bond donors (Lipinski definition) is 1. The van der Waals surface area contributed by atoms with Crippen LogP contribution in [0.3, 0.4) is 0 Å². The molecule has 0 unspecified atom stereocenters. The molecule has 0 aromatic carbocycles. The van der Waals surface area contributed by atoms with Crippen LogP contribution in [0.5, 0.6) is 0 Å². The van der Waals surface area contributed by atoms with Crippen molar-refractivity contribution < 1.29 is 9.90 Å². The lowest BCUT2D eigenvalue weighted by Crippen LogP contribution is -2.32. The van der Waals surface area contributed by atoms with E-state index < -0.39 is 5.97 Å². The second-order valence-corrected chi connectivity index (χ2v) is 5.66. The highest BCUT2D eigenvalue weighted by molar-refractivity contribution is 9.10. The Kier molecular flexibility index (Phi) is 3.89. The van der Waals surface area contributed by atoms with E-state index in [0.717, 1.165) is 36.9 Å². The molecule has 4 nitrogen and oxygen atoms in total. The van der Waals surface area contributed by atoms with E-state index in [1.165, 1.54) is 0 Å².